The van der Waals surface area contributed by atoms with Gasteiger partial charge in [0.25, 0.3) is 0 Å². The van der Waals surface area contributed by atoms with Crippen molar-refractivity contribution in [3.8, 4) is 5.95 Å². The Kier molecular flexibility index (Phi) is 3.29. The van der Waals surface area contributed by atoms with Crippen LogP contribution < -0.4 is 10.6 Å². The minimum absolute atomic E-state index is 0.162. The Morgan fingerprint density at radius 1 is 1.00 bits per heavy atom. The average Bonchev–Trinajstić information content (AvgIpc) is 2.85. The minimum atomic E-state index is -0.727. The molecule has 0 saturated heterocycles. The van der Waals surface area contributed by atoms with E-state index in [0.29, 0.717) is 12.2 Å². The van der Waals surface area contributed by atoms with Crippen molar-refractivity contribution >= 4 is 10.8 Å². The molecular weight excluding hydrogens is 256 g/mol. The molecule has 4 heteroatoms. The van der Waals surface area contributed by atoms with Crippen LogP contribution in [0.3, 0.4) is 0 Å². The molecule has 0 radical (unpaired) electrons. The fraction of sp³-hybridized carbons (Fsp3) is 0.188. The van der Waals surface area contributed by atoms with Crippen LogP contribution in [0, 0.1) is 0 Å². The first-order valence-electron chi connectivity index (χ1n) is 6.41. The highest BCUT2D eigenvalue weighted by molar-refractivity contribution is 5.85. The van der Waals surface area contributed by atoms with Gasteiger partial charge in [0.1, 0.15) is 0 Å². The Morgan fingerprint density at radius 3 is 2.65 bits per heavy atom. The lowest BCUT2D eigenvalue weighted by Gasteiger charge is -2.05. The molecule has 1 heterocycles. The SMILES string of the molecule is COc1oc(=O)oc1CCc1cccc2ccccc12. The maximum Gasteiger partial charge on any atom is 0.521 e. The Bertz CT molecular complexity index is 777. The third kappa shape index (κ3) is 2.32. The van der Waals surface area contributed by atoms with Gasteiger partial charge in [-0.2, -0.15) is 0 Å². The molecule has 0 unspecified atom stereocenters. The van der Waals surface area contributed by atoms with Crippen LogP contribution in [0.1, 0.15) is 11.3 Å². The second kappa shape index (κ2) is 5.25. The van der Waals surface area contributed by atoms with E-state index >= 15 is 0 Å². The minimum Gasteiger partial charge on any atom is -0.466 e. The Hall–Kier alpha value is -2.49. The lowest BCUT2D eigenvalue weighted by Crippen LogP contribution is -1.94. The van der Waals surface area contributed by atoms with Crippen molar-refractivity contribution < 1.29 is 13.6 Å². The van der Waals surface area contributed by atoms with Gasteiger partial charge in [-0.05, 0) is 22.8 Å². The van der Waals surface area contributed by atoms with Crippen LogP contribution in [-0.4, -0.2) is 7.11 Å². The molecular formula is C16H14O4. The van der Waals surface area contributed by atoms with Crippen molar-refractivity contribution in [1.82, 2.24) is 0 Å². The summed E-state index contributed by atoms with van der Waals surface area (Å²) in [6.45, 7) is 0. The molecule has 3 aromatic rings. The molecule has 1 aromatic heterocycles. The highest BCUT2D eigenvalue weighted by Crippen LogP contribution is 2.22. The highest BCUT2D eigenvalue weighted by Gasteiger charge is 2.13. The van der Waals surface area contributed by atoms with Gasteiger partial charge in [0.05, 0.1) is 7.11 Å². The van der Waals surface area contributed by atoms with E-state index in [2.05, 4.69) is 24.3 Å². The predicted molar refractivity (Wildman–Crippen MR) is 75.2 cm³/mol. The van der Waals surface area contributed by atoms with E-state index < -0.39 is 5.82 Å². The van der Waals surface area contributed by atoms with E-state index in [4.69, 9.17) is 13.6 Å². The standard InChI is InChI=1S/C16H14O4/c1-18-15-14(19-16(17)20-15)10-9-12-7-4-6-11-5-2-3-8-13(11)12/h2-8H,9-10H2,1H3. The molecule has 20 heavy (non-hydrogen) atoms. The Labute approximate surface area is 115 Å². The third-order valence-electron chi connectivity index (χ3n) is 3.30. The normalized spacial score (nSPS) is 10.8. The van der Waals surface area contributed by atoms with Crippen molar-refractivity contribution in [1.29, 1.82) is 0 Å². The first-order chi connectivity index (χ1) is 9.78. The summed E-state index contributed by atoms with van der Waals surface area (Å²) in [5.41, 5.74) is 1.20. The second-order valence-corrected chi connectivity index (χ2v) is 4.51. The van der Waals surface area contributed by atoms with Crippen LogP contribution in [0.2, 0.25) is 0 Å². The van der Waals surface area contributed by atoms with Gasteiger partial charge in [-0.15, -0.1) is 0 Å². The molecule has 0 bridgehead atoms. The molecule has 0 amide bonds. The molecule has 0 atom stereocenters. The summed E-state index contributed by atoms with van der Waals surface area (Å²) in [6.07, 6.45) is 1.31. The van der Waals surface area contributed by atoms with E-state index in [0.717, 1.165) is 6.42 Å². The number of aryl methyl sites for hydroxylation is 2. The third-order valence-corrected chi connectivity index (χ3v) is 3.30. The number of methoxy groups -OCH3 is 1. The van der Waals surface area contributed by atoms with Gasteiger partial charge in [0.15, 0.2) is 5.76 Å². The van der Waals surface area contributed by atoms with Crippen LogP contribution in [0.25, 0.3) is 10.8 Å². The zero-order valence-corrected chi connectivity index (χ0v) is 11.1. The average molecular weight is 270 g/mol. The summed E-state index contributed by atoms with van der Waals surface area (Å²) in [7, 11) is 1.45. The zero-order valence-electron chi connectivity index (χ0n) is 11.1. The lowest BCUT2D eigenvalue weighted by molar-refractivity contribution is 0.284. The fourth-order valence-electron chi connectivity index (χ4n) is 2.36. The van der Waals surface area contributed by atoms with Gasteiger partial charge in [-0.3, -0.25) is 0 Å². The largest absolute Gasteiger partial charge is 0.521 e. The van der Waals surface area contributed by atoms with Gasteiger partial charge in [0.2, 0.25) is 0 Å². The number of fused-ring (bicyclic) bond motifs is 1. The summed E-state index contributed by atoms with van der Waals surface area (Å²) < 4.78 is 14.8. The van der Waals surface area contributed by atoms with E-state index in [1.807, 2.05) is 18.2 Å². The number of ether oxygens (including phenoxy) is 1. The molecule has 4 nitrogen and oxygen atoms in total. The second-order valence-electron chi connectivity index (χ2n) is 4.51. The van der Waals surface area contributed by atoms with Gasteiger partial charge >= 0.3 is 11.8 Å². The van der Waals surface area contributed by atoms with E-state index in [1.165, 1.54) is 23.4 Å². The van der Waals surface area contributed by atoms with Crippen LogP contribution >= 0.6 is 0 Å². The van der Waals surface area contributed by atoms with Gasteiger partial charge in [-0.1, -0.05) is 42.5 Å². The summed E-state index contributed by atoms with van der Waals surface area (Å²) in [5.74, 6) is -0.115. The van der Waals surface area contributed by atoms with Gasteiger partial charge in [0, 0.05) is 6.42 Å². The Morgan fingerprint density at radius 2 is 1.80 bits per heavy atom. The first-order valence-corrected chi connectivity index (χ1v) is 6.41. The number of rotatable bonds is 4. The molecule has 0 aliphatic carbocycles. The Balaban J connectivity index is 1.88. The number of hydrogen-bond acceptors (Lipinski definition) is 4. The van der Waals surface area contributed by atoms with E-state index in [-0.39, 0.29) is 5.95 Å². The number of benzene rings is 2. The molecule has 0 spiro atoms. The van der Waals surface area contributed by atoms with Crippen molar-refractivity contribution in [3.63, 3.8) is 0 Å². The molecule has 3 rings (SSSR count). The molecule has 0 aliphatic heterocycles. The fourth-order valence-corrected chi connectivity index (χ4v) is 2.36. The maximum absolute atomic E-state index is 11.1. The van der Waals surface area contributed by atoms with Gasteiger partial charge < -0.3 is 13.6 Å². The molecule has 0 aliphatic rings. The summed E-state index contributed by atoms with van der Waals surface area (Å²) in [6, 6.07) is 14.4. The molecule has 0 N–H and O–H groups in total. The lowest BCUT2D eigenvalue weighted by atomic mass is 10.0. The quantitative estimate of drug-likeness (QED) is 0.730. The number of hydrogen-bond donors (Lipinski definition) is 0. The molecule has 0 fully saturated rings. The summed E-state index contributed by atoms with van der Waals surface area (Å²) in [5, 5.41) is 2.41. The van der Waals surface area contributed by atoms with Crippen molar-refractivity contribution in [2.45, 2.75) is 12.8 Å². The monoisotopic (exact) mass is 270 g/mol. The predicted octanol–water partition coefficient (Wildman–Crippen LogP) is 3.18. The molecule has 102 valence electrons. The van der Waals surface area contributed by atoms with Crippen LogP contribution in [0.5, 0.6) is 5.95 Å². The van der Waals surface area contributed by atoms with E-state index in [1.54, 1.807) is 0 Å². The van der Waals surface area contributed by atoms with Crippen molar-refractivity contribution in [2.24, 2.45) is 0 Å². The summed E-state index contributed by atoms with van der Waals surface area (Å²) >= 11 is 0. The molecule has 0 saturated carbocycles. The van der Waals surface area contributed by atoms with Crippen LogP contribution in [0.15, 0.2) is 56.1 Å². The van der Waals surface area contributed by atoms with Crippen molar-refractivity contribution in [2.75, 3.05) is 7.11 Å². The topological polar surface area (TPSA) is 52.6 Å². The van der Waals surface area contributed by atoms with Crippen LogP contribution in [0.4, 0.5) is 0 Å². The van der Waals surface area contributed by atoms with Crippen LogP contribution in [-0.2, 0) is 12.8 Å². The molecule has 2 aromatic carbocycles. The highest BCUT2D eigenvalue weighted by atomic mass is 16.7. The van der Waals surface area contributed by atoms with E-state index in [9.17, 15) is 4.79 Å². The van der Waals surface area contributed by atoms with Crippen molar-refractivity contribution in [3.05, 3.63) is 64.4 Å². The smallest absolute Gasteiger partial charge is 0.466 e. The first kappa shape index (κ1) is 12.5. The van der Waals surface area contributed by atoms with Gasteiger partial charge in [-0.25, -0.2) is 4.79 Å². The summed E-state index contributed by atoms with van der Waals surface area (Å²) in [4.78, 5) is 11.1. The maximum atomic E-state index is 11.1. The zero-order chi connectivity index (χ0) is 13.9.